The average Bonchev–Trinajstić information content (AvgIpc) is 2.83. The molecule has 3 aromatic rings. The van der Waals surface area contributed by atoms with E-state index in [4.69, 9.17) is 23.4 Å². The van der Waals surface area contributed by atoms with Crippen molar-refractivity contribution in [2.75, 3.05) is 14.2 Å². The Bertz CT molecular complexity index is 1200. The molecule has 0 spiro atoms. The summed E-state index contributed by atoms with van der Waals surface area (Å²) in [5, 5.41) is 30.5. The third kappa shape index (κ3) is 4.04. The highest BCUT2D eigenvalue weighted by molar-refractivity contribution is 5.91. The molecule has 2 heterocycles. The highest BCUT2D eigenvalue weighted by atomic mass is 16.7. The largest absolute Gasteiger partial charge is 0.497 e. The van der Waals surface area contributed by atoms with Crippen LogP contribution in [0.1, 0.15) is 12.5 Å². The van der Waals surface area contributed by atoms with Crippen LogP contribution in [-0.4, -0.2) is 60.2 Å². The Kier molecular flexibility index (Phi) is 6.31. The normalized spacial score (nSPS) is 25.1. The molecule has 176 valence electrons. The minimum absolute atomic E-state index is 0.216. The molecule has 3 N–H and O–H groups in total. The molecule has 1 saturated heterocycles. The lowest BCUT2D eigenvalue weighted by atomic mass is 10.00. The second-order valence-electron chi connectivity index (χ2n) is 7.91. The maximum Gasteiger partial charge on any atom is 0.229 e. The number of methoxy groups -OCH3 is 2. The quantitative estimate of drug-likeness (QED) is 0.526. The van der Waals surface area contributed by atoms with E-state index in [0.29, 0.717) is 22.4 Å². The first-order valence-corrected chi connectivity index (χ1v) is 10.4. The molecule has 0 aliphatic carbocycles. The van der Waals surface area contributed by atoms with Gasteiger partial charge in [0.15, 0.2) is 0 Å². The van der Waals surface area contributed by atoms with Gasteiger partial charge in [0.1, 0.15) is 52.8 Å². The SMILES string of the molecule is COc1ccc(-c2coc3c(C)c(O[C@@H]4O[C@H](C)[C@H](O)[C@H](O)[C@H]4O)cc(OC)c3c2=O)cc1. The molecule has 0 amide bonds. The lowest BCUT2D eigenvalue weighted by Crippen LogP contribution is -2.58. The average molecular weight is 458 g/mol. The zero-order valence-electron chi connectivity index (χ0n) is 18.6. The molecular weight excluding hydrogens is 432 g/mol. The van der Waals surface area contributed by atoms with Gasteiger partial charge in [-0.05, 0) is 31.5 Å². The monoisotopic (exact) mass is 458 g/mol. The standard InChI is InChI=1S/C24H26O9/c1-11-16(33-24-22(28)21(27)19(25)12(2)32-24)9-17(30-4)18-20(26)15(10-31-23(11)18)13-5-7-14(29-3)8-6-13/h5-10,12,19,21-22,24-25,27-28H,1-4H3/t12-,19+,21+,22-,24+/m1/s1. The first kappa shape index (κ1) is 23.1. The van der Waals surface area contributed by atoms with Gasteiger partial charge in [0, 0.05) is 11.6 Å². The smallest absolute Gasteiger partial charge is 0.229 e. The van der Waals surface area contributed by atoms with Gasteiger partial charge in [-0.25, -0.2) is 0 Å². The van der Waals surface area contributed by atoms with E-state index in [1.54, 1.807) is 45.2 Å². The van der Waals surface area contributed by atoms with E-state index in [-0.39, 0.29) is 27.9 Å². The van der Waals surface area contributed by atoms with Gasteiger partial charge in [0.05, 0.1) is 25.9 Å². The molecule has 1 aliphatic heterocycles. The number of hydrogen-bond acceptors (Lipinski definition) is 9. The van der Waals surface area contributed by atoms with Gasteiger partial charge in [-0.3, -0.25) is 4.79 Å². The topological polar surface area (TPSA) is 128 Å². The van der Waals surface area contributed by atoms with Crippen LogP contribution in [0.3, 0.4) is 0 Å². The van der Waals surface area contributed by atoms with Crippen molar-refractivity contribution in [3.8, 4) is 28.4 Å². The molecule has 9 nitrogen and oxygen atoms in total. The second kappa shape index (κ2) is 9.03. The van der Waals surface area contributed by atoms with E-state index in [2.05, 4.69) is 0 Å². The lowest BCUT2D eigenvalue weighted by Gasteiger charge is -2.39. The van der Waals surface area contributed by atoms with Gasteiger partial charge in [-0.15, -0.1) is 0 Å². The zero-order valence-corrected chi connectivity index (χ0v) is 18.6. The van der Waals surface area contributed by atoms with Crippen LogP contribution in [0.4, 0.5) is 0 Å². The number of hydrogen-bond donors (Lipinski definition) is 3. The minimum atomic E-state index is -1.48. The van der Waals surface area contributed by atoms with Crippen molar-refractivity contribution in [2.24, 2.45) is 0 Å². The fourth-order valence-electron chi connectivity index (χ4n) is 3.87. The summed E-state index contributed by atoms with van der Waals surface area (Å²) in [7, 11) is 2.98. The van der Waals surface area contributed by atoms with Gasteiger partial charge < -0.3 is 38.7 Å². The van der Waals surface area contributed by atoms with Crippen molar-refractivity contribution >= 4 is 11.0 Å². The molecule has 0 radical (unpaired) electrons. The molecule has 0 unspecified atom stereocenters. The first-order chi connectivity index (χ1) is 15.8. The molecule has 9 heteroatoms. The van der Waals surface area contributed by atoms with E-state index in [1.807, 2.05) is 0 Å². The summed E-state index contributed by atoms with van der Waals surface area (Å²) in [4.78, 5) is 13.4. The van der Waals surface area contributed by atoms with E-state index in [0.717, 1.165) is 0 Å². The fraction of sp³-hybridized carbons (Fsp3) is 0.375. The Hall–Kier alpha value is -3.11. The summed E-state index contributed by atoms with van der Waals surface area (Å²) in [6, 6.07) is 8.53. The lowest BCUT2D eigenvalue weighted by molar-refractivity contribution is -0.268. The third-order valence-corrected chi connectivity index (χ3v) is 5.88. The summed E-state index contributed by atoms with van der Waals surface area (Å²) in [5.74, 6) is 1.12. The highest BCUT2D eigenvalue weighted by Crippen LogP contribution is 2.37. The van der Waals surface area contributed by atoms with Crippen molar-refractivity contribution < 1.29 is 38.7 Å². The van der Waals surface area contributed by atoms with Crippen LogP contribution in [0.2, 0.25) is 0 Å². The van der Waals surface area contributed by atoms with Gasteiger partial charge in [0.25, 0.3) is 0 Å². The van der Waals surface area contributed by atoms with Crippen molar-refractivity contribution in [1.29, 1.82) is 0 Å². The predicted molar refractivity (Wildman–Crippen MR) is 119 cm³/mol. The zero-order chi connectivity index (χ0) is 23.9. The van der Waals surface area contributed by atoms with Crippen LogP contribution in [0.15, 0.2) is 45.8 Å². The Morgan fingerprint density at radius 2 is 1.64 bits per heavy atom. The van der Waals surface area contributed by atoms with Crippen molar-refractivity contribution in [3.63, 3.8) is 0 Å². The Balaban J connectivity index is 1.77. The highest BCUT2D eigenvalue weighted by Gasteiger charge is 2.43. The molecule has 33 heavy (non-hydrogen) atoms. The van der Waals surface area contributed by atoms with Crippen LogP contribution in [0, 0.1) is 6.92 Å². The molecule has 1 aromatic heterocycles. The molecule has 2 aromatic carbocycles. The van der Waals surface area contributed by atoms with Crippen LogP contribution < -0.4 is 19.6 Å². The van der Waals surface area contributed by atoms with Gasteiger partial charge in [-0.1, -0.05) is 12.1 Å². The van der Waals surface area contributed by atoms with E-state index < -0.39 is 30.7 Å². The third-order valence-electron chi connectivity index (χ3n) is 5.88. The van der Waals surface area contributed by atoms with Gasteiger partial charge in [0.2, 0.25) is 11.7 Å². The summed E-state index contributed by atoms with van der Waals surface area (Å²) >= 11 is 0. The first-order valence-electron chi connectivity index (χ1n) is 10.4. The Labute approximate surface area is 189 Å². The second-order valence-corrected chi connectivity index (χ2v) is 7.91. The number of rotatable bonds is 5. The molecule has 0 bridgehead atoms. The van der Waals surface area contributed by atoms with Crippen LogP contribution in [0.5, 0.6) is 17.2 Å². The summed E-state index contributed by atoms with van der Waals surface area (Å²) in [6.07, 6.45) is -4.81. The van der Waals surface area contributed by atoms with E-state index in [9.17, 15) is 20.1 Å². The molecule has 4 rings (SSSR count). The number of aliphatic hydroxyl groups is 3. The maximum atomic E-state index is 13.4. The maximum absolute atomic E-state index is 13.4. The van der Waals surface area contributed by atoms with Crippen LogP contribution in [-0.2, 0) is 4.74 Å². The number of fused-ring (bicyclic) bond motifs is 1. The fourth-order valence-corrected chi connectivity index (χ4v) is 3.87. The van der Waals surface area contributed by atoms with Gasteiger partial charge in [-0.2, -0.15) is 0 Å². The Morgan fingerprint density at radius 1 is 0.939 bits per heavy atom. The van der Waals surface area contributed by atoms with Gasteiger partial charge >= 0.3 is 0 Å². The number of aryl methyl sites for hydroxylation is 1. The van der Waals surface area contributed by atoms with Crippen molar-refractivity contribution in [2.45, 2.75) is 44.6 Å². The van der Waals surface area contributed by atoms with Crippen molar-refractivity contribution in [3.05, 3.63) is 52.4 Å². The molecule has 1 fully saturated rings. The molecular formula is C24H26O9. The van der Waals surface area contributed by atoms with Crippen molar-refractivity contribution in [1.82, 2.24) is 0 Å². The molecule has 1 aliphatic rings. The van der Waals surface area contributed by atoms with E-state index in [1.165, 1.54) is 19.4 Å². The number of benzene rings is 2. The summed E-state index contributed by atoms with van der Waals surface area (Å²) in [5.41, 5.74) is 1.47. The summed E-state index contributed by atoms with van der Waals surface area (Å²) < 4.78 is 27.8. The number of ether oxygens (including phenoxy) is 4. The van der Waals surface area contributed by atoms with Crippen LogP contribution in [0.25, 0.3) is 22.1 Å². The molecule has 5 atom stereocenters. The summed E-state index contributed by atoms with van der Waals surface area (Å²) in [6.45, 7) is 3.25. The number of aliphatic hydroxyl groups excluding tert-OH is 3. The van der Waals surface area contributed by atoms with Crippen LogP contribution >= 0.6 is 0 Å². The Morgan fingerprint density at radius 3 is 2.27 bits per heavy atom. The predicted octanol–water partition coefficient (Wildman–Crippen LogP) is 1.99. The minimum Gasteiger partial charge on any atom is -0.497 e. The van der Waals surface area contributed by atoms with E-state index >= 15 is 0 Å². The molecule has 0 saturated carbocycles.